The molecule has 1 saturated carbocycles. The molecule has 1 atom stereocenters. The predicted molar refractivity (Wildman–Crippen MR) is 74.5 cm³/mol. The third-order valence-corrected chi connectivity index (χ3v) is 4.07. The molecule has 1 aliphatic carbocycles. The molecule has 18 heavy (non-hydrogen) atoms. The molecule has 0 saturated heterocycles. The maximum atomic E-state index is 11.9. The summed E-state index contributed by atoms with van der Waals surface area (Å²) in [7, 11) is 0. The standard InChI is InChI=1S/C11H16N4OS2/c12-10(17)9(7-4-2-1-3-5-7)13-11(16)8-6-18-15-14-8/h6-7,9H,1-5H2,(H2,12,17)(H,13,16). The van der Waals surface area contributed by atoms with E-state index in [1.54, 1.807) is 5.38 Å². The van der Waals surface area contributed by atoms with Gasteiger partial charge in [-0.1, -0.05) is 36.0 Å². The fourth-order valence-electron chi connectivity index (χ4n) is 2.37. The van der Waals surface area contributed by atoms with Gasteiger partial charge in [0, 0.05) is 5.38 Å². The van der Waals surface area contributed by atoms with Crippen LogP contribution in [0.4, 0.5) is 0 Å². The second-order valence-corrected chi connectivity index (χ2v) is 5.62. The quantitative estimate of drug-likeness (QED) is 0.819. The molecule has 1 unspecified atom stereocenters. The van der Waals surface area contributed by atoms with Gasteiger partial charge in [0.15, 0.2) is 5.69 Å². The minimum absolute atomic E-state index is 0.227. The number of nitrogens with zero attached hydrogens (tertiary/aromatic N) is 2. The molecule has 7 heteroatoms. The average molecular weight is 284 g/mol. The summed E-state index contributed by atoms with van der Waals surface area (Å²) in [5.74, 6) is 0.110. The average Bonchev–Trinajstić information content (AvgIpc) is 2.90. The van der Waals surface area contributed by atoms with Crippen molar-refractivity contribution >= 4 is 34.6 Å². The minimum Gasteiger partial charge on any atom is -0.392 e. The Labute approximate surface area is 115 Å². The van der Waals surface area contributed by atoms with Gasteiger partial charge in [0.05, 0.1) is 11.0 Å². The van der Waals surface area contributed by atoms with Crippen molar-refractivity contribution in [1.82, 2.24) is 14.9 Å². The Morgan fingerprint density at radius 1 is 1.50 bits per heavy atom. The van der Waals surface area contributed by atoms with E-state index in [2.05, 4.69) is 14.9 Å². The zero-order valence-corrected chi connectivity index (χ0v) is 11.6. The van der Waals surface area contributed by atoms with Gasteiger partial charge < -0.3 is 11.1 Å². The predicted octanol–water partition coefficient (Wildman–Crippen LogP) is 1.50. The van der Waals surface area contributed by atoms with E-state index in [1.807, 2.05) is 0 Å². The molecule has 1 amide bonds. The SMILES string of the molecule is NC(=S)C(NC(=O)c1csnn1)C1CCCCC1. The molecule has 5 nitrogen and oxygen atoms in total. The molecule has 98 valence electrons. The molecule has 1 aromatic heterocycles. The van der Waals surface area contributed by atoms with Crippen molar-refractivity contribution in [2.24, 2.45) is 11.7 Å². The van der Waals surface area contributed by atoms with Crippen molar-refractivity contribution in [2.45, 2.75) is 38.1 Å². The Morgan fingerprint density at radius 3 is 2.78 bits per heavy atom. The lowest BCUT2D eigenvalue weighted by atomic mass is 9.84. The van der Waals surface area contributed by atoms with Crippen LogP contribution in [0, 0.1) is 5.92 Å². The zero-order chi connectivity index (χ0) is 13.0. The van der Waals surface area contributed by atoms with Gasteiger partial charge in [-0.25, -0.2) is 0 Å². The van der Waals surface area contributed by atoms with Gasteiger partial charge in [-0.15, -0.1) is 5.10 Å². The summed E-state index contributed by atoms with van der Waals surface area (Å²) in [5.41, 5.74) is 6.08. The summed E-state index contributed by atoms with van der Waals surface area (Å²) in [6, 6.07) is -0.227. The lowest BCUT2D eigenvalue weighted by molar-refractivity contribution is 0.0927. The summed E-state index contributed by atoms with van der Waals surface area (Å²) in [6.07, 6.45) is 5.75. The van der Waals surface area contributed by atoms with Crippen LogP contribution in [0.25, 0.3) is 0 Å². The number of nitrogens with two attached hydrogens (primary N) is 1. The molecule has 0 radical (unpaired) electrons. The lowest BCUT2D eigenvalue weighted by Crippen LogP contribution is -2.48. The second kappa shape index (κ2) is 6.19. The molecule has 1 fully saturated rings. The number of aromatic nitrogens is 2. The van der Waals surface area contributed by atoms with Crippen molar-refractivity contribution in [3.8, 4) is 0 Å². The summed E-state index contributed by atoms with van der Waals surface area (Å²) in [6.45, 7) is 0. The van der Waals surface area contributed by atoms with Crippen LogP contribution >= 0.6 is 23.8 Å². The molecular formula is C11H16N4OS2. The first kappa shape index (κ1) is 13.4. The molecule has 0 spiro atoms. The Morgan fingerprint density at radius 2 is 2.22 bits per heavy atom. The van der Waals surface area contributed by atoms with Crippen molar-refractivity contribution in [3.05, 3.63) is 11.1 Å². The van der Waals surface area contributed by atoms with Gasteiger partial charge in [0.1, 0.15) is 0 Å². The van der Waals surface area contributed by atoms with Crippen LogP contribution in [0.3, 0.4) is 0 Å². The highest BCUT2D eigenvalue weighted by molar-refractivity contribution is 7.80. The molecule has 0 aromatic carbocycles. The van der Waals surface area contributed by atoms with E-state index in [-0.39, 0.29) is 11.9 Å². The van der Waals surface area contributed by atoms with E-state index >= 15 is 0 Å². The van der Waals surface area contributed by atoms with Crippen LogP contribution in [-0.4, -0.2) is 26.5 Å². The Balaban J connectivity index is 2.02. The van der Waals surface area contributed by atoms with Crippen LogP contribution in [-0.2, 0) is 0 Å². The minimum atomic E-state index is -0.243. The number of rotatable bonds is 4. The molecule has 0 aliphatic heterocycles. The van der Waals surface area contributed by atoms with Crippen molar-refractivity contribution in [2.75, 3.05) is 0 Å². The van der Waals surface area contributed by atoms with E-state index in [0.29, 0.717) is 16.6 Å². The first-order valence-corrected chi connectivity index (χ1v) is 7.30. The molecule has 2 rings (SSSR count). The van der Waals surface area contributed by atoms with E-state index in [9.17, 15) is 4.79 Å². The highest BCUT2D eigenvalue weighted by Crippen LogP contribution is 2.26. The largest absolute Gasteiger partial charge is 0.392 e. The zero-order valence-electron chi connectivity index (χ0n) is 9.96. The molecule has 3 N–H and O–H groups in total. The summed E-state index contributed by atoms with van der Waals surface area (Å²) in [4.78, 5) is 12.3. The van der Waals surface area contributed by atoms with Gasteiger partial charge in [-0.05, 0) is 30.3 Å². The molecule has 1 aliphatic rings. The lowest BCUT2D eigenvalue weighted by Gasteiger charge is -2.29. The van der Waals surface area contributed by atoms with Gasteiger partial charge in [-0.2, -0.15) is 0 Å². The third-order valence-electron chi connectivity index (χ3n) is 3.31. The van der Waals surface area contributed by atoms with Crippen molar-refractivity contribution in [1.29, 1.82) is 0 Å². The van der Waals surface area contributed by atoms with E-state index in [4.69, 9.17) is 18.0 Å². The highest BCUT2D eigenvalue weighted by Gasteiger charge is 2.27. The molecule has 1 heterocycles. The van der Waals surface area contributed by atoms with Crippen molar-refractivity contribution < 1.29 is 4.79 Å². The number of carbonyl (C=O) groups is 1. The number of thiocarbonyl (C=S) groups is 1. The summed E-state index contributed by atoms with van der Waals surface area (Å²) in [5, 5.41) is 8.25. The molecule has 0 bridgehead atoms. The monoisotopic (exact) mass is 284 g/mol. The highest BCUT2D eigenvalue weighted by atomic mass is 32.1. The van der Waals surface area contributed by atoms with Gasteiger partial charge in [0.25, 0.3) is 5.91 Å². The summed E-state index contributed by atoms with van der Waals surface area (Å²) < 4.78 is 3.67. The van der Waals surface area contributed by atoms with E-state index in [1.165, 1.54) is 19.3 Å². The van der Waals surface area contributed by atoms with Gasteiger partial charge in [-0.3, -0.25) is 4.79 Å². The fourth-order valence-corrected chi connectivity index (χ4v) is 3.06. The van der Waals surface area contributed by atoms with Crippen LogP contribution in [0.2, 0.25) is 0 Å². The third kappa shape index (κ3) is 3.23. The van der Waals surface area contributed by atoms with Crippen LogP contribution in [0.1, 0.15) is 42.6 Å². The normalized spacial score (nSPS) is 18.2. The number of carbonyl (C=O) groups excluding carboxylic acids is 1. The fraction of sp³-hybridized carbons (Fsp3) is 0.636. The maximum Gasteiger partial charge on any atom is 0.273 e. The topological polar surface area (TPSA) is 80.9 Å². The molecule has 1 aromatic rings. The van der Waals surface area contributed by atoms with Gasteiger partial charge in [0.2, 0.25) is 0 Å². The summed E-state index contributed by atoms with van der Waals surface area (Å²) >= 11 is 6.23. The molecular weight excluding hydrogens is 268 g/mol. The van der Waals surface area contributed by atoms with Gasteiger partial charge >= 0.3 is 0 Å². The van der Waals surface area contributed by atoms with Crippen LogP contribution < -0.4 is 11.1 Å². The Bertz CT molecular complexity index is 415. The number of hydrogen-bond acceptors (Lipinski definition) is 5. The van der Waals surface area contributed by atoms with Crippen LogP contribution in [0.15, 0.2) is 5.38 Å². The Hall–Kier alpha value is -1.08. The second-order valence-electron chi connectivity index (χ2n) is 4.54. The van der Waals surface area contributed by atoms with E-state index < -0.39 is 0 Å². The number of nitrogens with one attached hydrogen (secondary N) is 1. The maximum absolute atomic E-state index is 11.9. The first-order chi connectivity index (χ1) is 8.68. The van der Waals surface area contributed by atoms with Crippen molar-refractivity contribution in [3.63, 3.8) is 0 Å². The van der Waals surface area contributed by atoms with Crippen LogP contribution in [0.5, 0.6) is 0 Å². The van der Waals surface area contributed by atoms with E-state index in [0.717, 1.165) is 24.4 Å². The smallest absolute Gasteiger partial charge is 0.273 e. The first-order valence-electron chi connectivity index (χ1n) is 6.05. The number of amides is 1. The Kier molecular flexibility index (Phi) is 4.60. The number of hydrogen-bond donors (Lipinski definition) is 2.